The normalized spacial score (nSPS) is 22.0. The van der Waals surface area contributed by atoms with E-state index in [-0.39, 0.29) is 22.8 Å². The van der Waals surface area contributed by atoms with Crippen LogP contribution < -0.4 is 11.1 Å². The quantitative estimate of drug-likeness (QED) is 0.707. The predicted molar refractivity (Wildman–Crippen MR) is 87.1 cm³/mol. The molecule has 24 heavy (non-hydrogen) atoms. The minimum Gasteiger partial charge on any atom is -0.466 e. The highest BCUT2D eigenvalue weighted by atomic mass is 79.9. The van der Waals surface area contributed by atoms with Crippen molar-refractivity contribution in [2.75, 3.05) is 12.4 Å². The molecule has 0 saturated heterocycles. The molecule has 1 aromatic carbocycles. The summed E-state index contributed by atoms with van der Waals surface area (Å²) in [6.07, 6.45) is 0. The Kier molecular flexibility index (Phi) is 3.61. The number of amides is 1. The van der Waals surface area contributed by atoms with Gasteiger partial charge in [0, 0.05) is 15.7 Å². The molecule has 0 saturated carbocycles. The van der Waals surface area contributed by atoms with Gasteiger partial charge >= 0.3 is 5.97 Å². The van der Waals surface area contributed by atoms with Crippen molar-refractivity contribution in [1.82, 2.24) is 0 Å². The van der Waals surface area contributed by atoms with E-state index in [0.29, 0.717) is 15.7 Å². The molecule has 2 aliphatic heterocycles. The zero-order valence-corrected chi connectivity index (χ0v) is 14.4. The van der Waals surface area contributed by atoms with E-state index in [1.165, 1.54) is 14.0 Å². The highest BCUT2D eigenvalue weighted by molar-refractivity contribution is 9.10. The average Bonchev–Trinajstić information content (AvgIpc) is 2.80. The number of ether oxygens (including phenoxy) is 2. The van der Waals surface area contributed by atoms with E-state index in [4.69, 9.17) is 15.2 Å². The Labute approximate surface area is 145 Å². The van der Waals surface area contributed by atoms with E-state index in [0.717, 1.165) is 0 Å². The summed E-state index contributed by atoms with van der Waals surface area (Å²) in [6, 6.07) is 7.00. The number of nitrogens with two attached hydrogens (primary N) is 1. The molecule has 0 fully saturated rings. The Bertz CT molecular complexity index is 897. The Balaban J connectivity index is 2.46. The number of anilines is 1. The summed E-state index contributed by atoms with van der Waals surface area (Å²) < 4.78 is 10.8. The van der Waals surface area contributed by atoms with Crippen LogP contribution in [0.5, 0.6) is 0 Å². The van der Waals surface area contributed by atoms with Crippen LogP contribution in [0.4, 0.5) is 5.69 Å². The van der Waals surface area contributed by atoms with E-state index in [1.54, 1.807) is 18.2 Å². The molecule has 0 radical (unpaired) electrons. The summed E-state index contributed by atoms with van der Waals surface area (Å²) in [4.78, 5) is 25.4. The van der Waals surface area contributed by atoms with Gasteiger partial charge in [-0.1, -0.05) is 15.9 Å². The van der Waals surface area contributed by atoms with Crippen LogP contribution in [0, 0.1) is 11.3 Å². The van der Waals surface area contributed by atoms with Gasteiger partial charge in [-0.2, -0.15) is 5.26 Å². The molecule has 122 valence electrons. The molecule has 7 nitrogen and oxygen atoms in total. The minimum atomic E-state index is -1.70. The van der Waals surface area contributed by atoms with E-state index in [9.17, 15) is 14.9 Å². The lowest BCUT2D eigenvalue weighted by atomic mass is 9.68. The van der Waals surface area contributed by atoms with Crippen LogP contribution in [0.2, 0.25) is 0 Å². The van der Waals surface area contributed by atoms with Gasteiger partial charge in [0.15, 0.2) is 5.41 Å². The van der Waals surface area contributed by atoms with Crippen LogP contribution in [-0.4, -0.2) is 19.0 Å². The van der Waals surface area contributed by atoms with Crippen molar-refractivity contribution in [2.24, 2.45) is 5.73 Å². The number of nitriles is 1. The Morgan fingerprint density at radius 1 is 1.50 bits per heavy atom. The smallest absolute Gasteiger partial charge is 0.339 e. The third kappa shape index (κ3) is 1.88. The second-order valence-electron chi connectivity index (χ2n) is 5.27. The van der Waals surface area contributed by atoms with Crippen LogP contribution in [0.25, 0.3) is 0 Å². The predicted octanol–water partition coefficient (Wildman–Crippen LogP) is 1.81. The van der Waals surface area contributed by atoms with Gasteiger partial charge in [0.05, 0.1) is 7.11 Å². The maximum Gasteiger partial charge on any atom is 0.339 e. The van der Waals surface area contributed by atoms with Gasteiger partial charge in [0.25, 0.3) is 0 Å². The van der Waals surface area contributed by atoms with Crippen molar-refractivity contribution in [2.45, 2.75) is 12.3 Å². The largest absolute Gasteiger partial charge is 0.466 e. The van der Waals surface area contributed by atoms with Crippen LogP contribution in [0.1, 0.15) is 12.5 Å². The molecule has 1 aromatic rings. The fourth-order valence-electron chi connectivity index (χ4n) is 3.15. The second-order valence-corrected chi connectivity index (χ2v) is 6.19. The summed E-state index contributed by atoms with van der Waals surface area (Å²) in [5.74, 6) is -1.43. The first-order valence-corrected chi connectivity index (χ1v) is 7.66. The first kappa shape index (κ1) is 16.1. The standard InChI is InChI=1S/C16H12BrN3O4/c1-7-12(14(21)23-2)16(10(6-18)13(19)24-7)9-5-8(17)3-4-11(9)20-15(16)22/h3-5H,19H2,1-2H3,(H,20,22)/t16-/m0/s1. The summed E-state index contributed by atoms with van der Waals surface area (Å²) in [5.41, 5.74) is 4.86. The van der Waals surface area contributed by atoms with E-state index >= 15 is 0 Å². The van der Waals surface area contributed by atoms with Gasteiger partial charge in [-0.05, 0) is 25.1 Å². The number of benzene rings is 1. The first-order chi connectivity index (χ1) is 11.4. The molecule has 2 aliphatic rings. The van der Waals surface area contributed by atoms with Crippen LogP contribution >= 0.6 is 15.9 Å². The number of halogens is 1. The molecular formula is C16H12BrN3O4. The molecule has 8 heteroatoms. The Morgan fingerprint density at radius 3 is 2.83 bits per heavy atom. The Morgan fingerprint density at radius 2 is 2.21 bits per heavy atom. The lowest BCUT2D eigenvalue weighted by Gasteiger charge is -2.33. The zero-order chi connectivity index (χ0) is 17.6. The summed E-state index contributed by atoms with van der Waals surface area (Å²) >= 11 is 3.35. The van der Waals surface area contributed by atoms with Crippen LogP contribution in [-0.2, 0) is 24.5 Å². The molecule has 0 aliphatic carbocycles. The fraction of sp³-hybridized carbons (Fsp3) is 0.188. The number of fused-ring (bicyclic) bond motifs is 2. The molecule has 0 bridgehead atoms. The molecule has 0 aromatic heterocycles. The van der Waals surface area contributed by atoms with Crippen molar-refractivity contribution >= 4 is 33.5 Å². The lowest BCUT2D eigenvalue weighted by Crippen LogP contribution is -2.45. The minimum absolute atomic E-state index is 0.0647. The monoisotopic (exact) mass is 389 g/mol. The fourth-order valence-corrected chi connectivity index (χ4v) is 3.51. The number of carbonyl (C=O) groups excluding carboxylic acids is 2. The summed E-state index contributed by atoms with van der Waals surface area (Å²) in [5, 5.41) is 12.3. The zero-order valence-electron chi connectivity index (χ0n) is 12.8. The third-order valence-corrected chi connectivity index (χ3v) is 4.58. The molecule has 0 unspecified atom stereocenters. The maximum atomic E-state index is 12.9. The number of hydrogen-bond acceptors (Lipinski definition) is 6. The highest BCUT2D eigenvalue weighted by Crippen LogP contribution is 2.52. The molecule has 3 rings (SSSR count). The van der Waals surface area contributed by atoms with Gasteiger partial charge < -0.3 is 20.5 Å². The first-order valence-electron chi connectivity index (χ1n) is 6.87. The van der Waals surface area contributed by atoms with Crippen molar-refractivity contribution in [3.63, 3.8) is 0 Å². The van der Waals surface area contributed by atoms with Crippen molar-refractivity contribution in [3.05, 3.63) is 51.0 Å². The third-order valence-electron chi connectivity index (χ3n) is 4.09. The number of nitrogens with zero attached hydrogens (tertiary/aromatic N) is 1. The van der Waals surface area contributed by atoms with E-state index < -0.39 is 17.3 Å². The molecule has 1 spiro atoms. The number of esters is 1. The molecule has 2 heterocycles. The summed E-state index contributed by atoms with van der Waals surface area (Å²) in [6.45, 7) is 1.50. The van der Waals surface area contributed by atoms with Gasteiger partial charge in [-0.25, -0.2) is 4.79 Å². The number of rotatable bonds is 1. The highest BCUT2D eigenvalue weighted by Gasteiger charge is 2.59. The second kappa shape index (κ2) is 5.39. The SMILES string of the molecule is COC(=O)C1=C(C)OC(N)=C(C#N)[C@]12C(=O)Nc1ccc(Br)cc12. The average molecular weight is 390 g/mol. The number of allylic oxidation sites excluding steroid dienone is 1. The van der Waals surface area contributed by atoms with Gasteiger partial charge in [0.2, 0.25) is 11.8 Å². The molecule has 1 atom stereocenters. The molecular weight excluding hydrogens is 378 g/mol. The maximum absolute atomic E-state index is 12.9. The van der Waals surface area contributed by atoms with Gasteiger partial charge in [-0.15, -0.1) is 0 Å². The van der Waals surface area contributed by atoms with Gasteiger partial charge in [-0.3, -0.25) is 4.79 Å². The van der Waals surface area contributed by atoms with Crippen molar-refractivity contribution in [1.29, 1.82) is 5.26 Å². The number of hydrogen-bond donors (Lipinski definition) is 2. The van der Waals surface area contributed by atoms with Gasteiger partial charge in [0.1, 0.15) is 23.0 Å². The number of carbonyl (C=O) groups is 2. The van der Waals surface area contributed by atoms with E-state index in [1.807, 2.05) is 6.07 Å². The van der Waals surface area contributed by atoms with Crippen molar-refractivity contribution < 1.29 is 19.1 Å². The number of methoxy groups -OCH3 is 1. The van der Waals surface area contributed by atoms with Crippen LogP contribution in [0.15, 0.2) is 45.5 Å². The topological polar surface area (TPSA) is 114 Å². The lowest BCUT2D eigenvalue weighted by molar-refractivity contribution is -0.138. The Hall–Kier alpha value is -2.79. The van der Waals surface area contributed by atoms with E-state index in [2.05, 4.69) is 21.2 Å². The molecule has 1 amide bonds. The van der Waals surface area contributed by atoms with Crippen LogP contribution in [0.3, 0.4) is 0 Å². The summed E-state index contributed by atoms with van der Waals surface area (Å²) in [7, 11) is 1.19. The molecule has 3 N–H and O–H groups in total. The number of nitrogens with one attached hydrogen (secondary N) is 1. The van der Waals surface area contributed by atoms with Crippen molar-refractivity contribution in [3.8, 4) is 6.07 Å².